The highest BCUT2D eigenvalue weighted by Crippen LogP contribution is 2.38. The second kappa shape index (κ2) is 9.99. The second-order valence-electron chi connectivity index (χ2n) is 11.1. The maximum Gasteiger partial charge on any atom is 0.329 e. The van der Waals surface area contributed by atoms with E-state index in [0.717, 1.165) is 49.6 Å². The quantitative estimate of drug-likeness (QED) is 0.493. The number of aryl methyl sites for hydroxylation is 1. The Morgan fingerprint density at radius 3 is 2.43 bits per heavy atom. The molecule has 35 heavy (non-hydrogen) atoms. The Balaban J connectivity index is 1.39. The van der Waals surface area contributed by atoms with Crippen LogP contribution in [0.2, 0.25) is 0 Å². The first-order valence-electron chi connectivity index (χ1n) is 12.8. The highest BCUT2D eigenvalue weighted by Gasteiger charge is 2.31. The summed E-state index contributed by atoms with van der Waals surface area (Å²) < 4.78 is 8.54. The predicted molar refractivity (Wildman–Crippen MR) is 133 cm³/mol. The molecule has 1 aliphatic carbocycles. The van der Waals surface area contributed by atoms with Gasteiger partial charge in [-0.1, -0.05) is 6.07 Å². The first-order chi connectivity index (χ1) is 16.5. The van der Waals surface area contributed by atoms with Gasteiger partial charge in [0.2, 0.25) is 11.8 Å². The molecule has 1 aromatic heterocycles. The smallest absolute Gasteiger partial charge is 0.329 e. The molecule has 1 aliphatic heterocycles. The van der Waals surface area contributed by atoms with E-state index in [4.69, 9.17) is 4.74 Å². The van der Waals surface area contributed by atoms with E-state index in [0.29, 0.717) is 24.7 Å². The lowest BCUT2D eigenvalue weighted by Crippen LogP contribution is -2.44. The molecule has 2 heterocycles. The number of aromatic nitrogens is 2. The van der Waals surface area contributed by atoms with Gasteiger partial charge in [-0.15, -0.1) is 0 Å². The number of benzene rings is 1. The summed E-state index contributed by atoms with van der Waals surface area (Å²) in [6.07, 6.45) is 7.41. The number of nitrogens with one attached hydrogen (secondary N) is 1. The molecule has 1 unspecified atom stereocenters. The lowest BCUT2D eigenvalue weighted by Gasteiger charge is -2.29. The number of esters is 1. The van der Waals surface area contributed by atoms with Gasteiger partial charge in [0.15, 0.2) is 0 Å². The molecule has 1 saturated heterocycles. The average molecular weight is 484 g/mol. The third-order valence-electron chi connectivity index (χ3n) is 7.37. The second-order valence-corrected chi connectivity index (χ2v) is 11.1. The van der Waals surface area contributed by atoms with Crippen molar-refractivity contribution in [3.63, 3.8) is 0 Å². The number of carbonyl (C=O) groups excluding carboxylic acids is 3. The molecule has 0 radical (unpaired) electrons. The molecule has 1 atom stereocenters. The van der Waals surface area contributed by atoms with Crippen molar-refractivity contribution in [2.45, 2.75) is 96.1 Å². The number of fused-ring (bicyclic) bond motifs is 1. The van der Waals surface area contributed by atoms with Gasteiger partial charge in [-0.2, -0.15) is 0 Å². The summed E-state index contributed by atoms with van der Waals surface area (Å²) in [5.41, 5.74) is 2.10. The van der Waals surface area contributed by atoms with E-state index < -0.39 is 17.6 Å². The topological polar surface area (TPSA) is 99.4 Å². The molecule has 0 bridgehead atoms. The van der Waals surface area contributed by atoms with Crippen molar-refractivity contribution < 1.29 is 19.1 Å². The van der Waals surface area contributed by atoms with Crippen molar-refractivity contribution in [1.82, 2.24) is 14.5 Å². The first kappa shape index (κ1) is 25.2. The minimum Gasteiger partial charge on any atom is -0.460 e. The van der Waals surface area contributed by atoms with Crippen LogP contribution in [-0.4, -0.2) is 32.5 Å². The maximum absolute atomic E-state index is 13.0. The molecule has 8 heteroatoms. The first-order valence-corrected chi connectivity index (χ1v) is 12.8. The Bertz CT molecular complexity index is 1180. The minimum atomic E-state index is -0.661. The number of piperidine rings is 1. The zero-order valence-electron chi connectivity index (χ0n) is 21.3. The van der Waals surface area contributed by atoms with Gasteiger partial charge in [0.05, 0.1) is 11.0 Å². The van der Waals surface area contributed by atoms with Crippen LogP contribution in [-0.2, 0) is 26.2 Å². The summed E-state index contributed by atoms with van der Waals surface area (Å²) in [4.78, 5) is 48.9. The molecule has 0 spiro atoms. The molecule has 8 nitrogen and oxygen atoms in total. The van der Waals surface area contributed by atoms with Gasteiger partial charge < -0.3 is 4.74 Å². The summed E-state index contributed by atoms with van der Waals surface area (Å²) in [7, 11) is 1.73. The summed E-state index contributed by atoms with van der Waals surface area (Å²) in [6, 6.07) is 5.46. The van der Waals surface area contributed by atoms with Crippen LogP contribution in [0.15, 0.2) is 23.0 Å². The van der Waals surface area contributed by atoms with Crippen molar-refractivity contribution in [3.8, 4) is 0 Å². The molecule has 2 aliphatic rings. The summed E-state index contributed by atoms with van der Waals surface area (Å²) in [5.74, 6) is 0.257. The van der Waals surface area contributed by atoms with Crippen LogP contribution in [0.4, 0.5) is 0 Å². The standard InChI is InChI=1S/C27H37N3O5/c1-27(2,3)35-24(32)7-5-6-17-8-10-18(11-9-17)19-12-13-20-22(16-19)29(4)26(34)30(20)21-14-15-23(31)28-25(21)33/h12-13,16-18,21H,5-11,14-15H2,1-4H3,(H,28,31,33). The minimum absolute atomic E-state index is 0.116. The van der Waals surface area contributed by atoms with E-state index in [1.165, 1.54) is 10.1 Å². The summed E-state index contributed by atoms with van der Waals surface area (Å²) >= 11 is 0. The van der Waals surface area contributed by atoms with Gasteiger partial charge in [0.25, 0.3) is 0 Å². The number of nitrogens with zero attached hydrogens (tertiary/aromatic N) is 2. The fraction of sp³-hybridized carbons (Fsp3) is 0.630. The molecule has 4 rings (SSSR count). The lowest BCUT2D eigenvalue weighted by molar-refractivity contribution is -0.155. The molecule has 2 aromatic rings. The number of rotatable bonds is 6. The van der Waals surface area contributed by atoms with Crippen molar-refractivity contribution in [1.29, 1.82) is 0 Å². The maximum atomic E-state index is 13.0. The Labute approximate surface area is 206 Å². The normalized spacial score (nSPS) is 23.4. The Hall–Kier alpha value is -2.90. The van der Waals surface area contributed by atoms with Gasteiger partial charge in [0.1, 0.15) is 11.6 Å². The number of hydrogen-bond acceptors (Lipinski definition) is 5. The molecule has 190 valence electrons. The monoisotopic (exact) mass is 483 g/mol. The molecule has 2 fully saturated rings. The third-order valence-corrected chi connectivity index (χ3v) is 7.37. The van der Waals surface area contributed by atoms with Crippen LogP contribution in [0.3, 0.4) is 0 Å². The van der Waals surface area contributed by atoms with Crippen LogP contribution in [0.1, 0.15) is 96.1 Å². The van der Waals surface area contributed by atoms with E-state index in [1.807, 2.05) is 26.8 Å². The highest BCUT2D eigenvalue weighted by molar-refractivity contribution is 6.00. The van der Waals surface area contributed by atoms with E-state index in [-0.39, 0.29) is 24.0 Å². The fourth-order valence-corrected chi connectivity index (χ4v) is 5.58. The predicted octanol–water partition coefficient (Wildman–Crippen LogP) is 4.10. The Kier molecular flexibility index (Phi) is 7.20. The van der Waals surface area contributed by atoms with Gasteiger partial charge in [-0.25, -0.2) is 4.79 Å². The lowest BCUT2D eigenvalue weighted by atomic mass is 9.77. The highest BCUT2D eigenvalue weighted by atomic mass is 16.6. The fourth-order valence-electron chi connectivity index (χ4n) is 5.58. The van der Waals surface area contributed by atoms with E-state index in [2.05, 4.69) is 17.4 Å². The van der Waals surface area contributed by atoms with Crippen LogP contribution in [0, 0.1) is 5.92 Å². The van der Waals surface area contributed by atoms with Crippen molar-refractivity contribution >= 4 is 28.8 Å². The Morgan fingerprint density at radius 1 is 1.06 bits per heavy atom. The number of imidazole rings is 1. The van der Waals surface area contributed by atoms with Crippen molar-refractivity contribution in [2.24, 2.45) is 13.0 Å². The molecule has 1 aromatic carbocycles. The third kappa shape index (κ3) is 5.68. The van der Waals surface area contributed by atoms with E-state index >= 15 is 0 Å². The molecular weight excluding hydrogens is 446 g/mol. The molecule has 1 saturated carbocycles. The van der Waals surface area contributed by atoms with E-state index in [9.17, 15) is 19.2 Å². The zero-order valence-corrected chi connectivity index (χ0v) is 21.3. The van der Waals surface area contributed by atoms with Gasteiger partial charge in [0, 0.05) is 19.9 Å². The summed E-state index contributed by atoms with van der Waals surface area (Å²) in [6.45, 7) is 5.68. The van der Waals surface area contributed by atoms with Crippen LogP contribution in [0.25, 0.3) is 11.0 Å². The van der Waals surface area contributed by atoms with Gasteiger partial charge in [-0.3, -0.25) is 28.8 Å². The Morgan fingerprint density at radius 2 is 1.77 bits per heavy atom. The average Bonchev–Trinajstić information content (AvgIpc) is 3.03. The molecular formula is C27H37N3O5. The van der Waals surface area contributed by atoms with Crippen molar-refractivity contribution in [3.05, 3.63) is 34.2 Å². The van der Waals surface area contributed by atoms with Crippen LogP contribution < -0.4 is 11.0 Å². The summed E-state index contributed by atoms with van der Waals surface area (Å²) in [5, 5.41) is 2.35. The number of ether oxygens (including phenoxy) is 1. The number of carbonyl (C=O) groups is 3. The van der Waals surface area contributed by atoms with Gasteiger partial charge in [-0.05, 0) is 95.2 Å². The van der Waals surface area contributed by atoms with E-state index in [1.54, 1.807) is 11.6 Å². The largest absolute Gasteiger partial charge is 0.460 e. The number of imide groups is 1. The van der Waals surface area contributed by atoms with Crippen molar-refractivity contribution in [2.75, 3.05) is 0 Å². The van der Waals surface area contributed by atoms with Crippen LogP contribution >= 0.6 is 0 Å². The van der Waals surface area contributed by atoms with Gasteiger partial charge >= 0.3 is 11.7 Å². The zero-order chi connectivity index (χ0) is 25.3. The molecule has 2 amide bonds. The SMILES string of the molecule is Cn1c(=O)n(C2CCC(=O)NC2=O)c2ccc(C3CCC(CCCC(=O)OC(C)(C)C)CC3)cc21. The number of hydrogen-bond donors (Lipinski definition) is 1. The number of amides is 2. The molecule has 1 N–H and O–H groups in total. The van der Waals surface area contributed by atoms with Crippen LogP contribution in [0.5, 0.6) is 0 Å².